The average Bonchev–Trinajstić information content (AvgIpc) is 3.38. The molecule has 0 unspecified atom stereocenters. The van der Waals surface area contributed by atoms with Crippen LogP contribution in [-0.4, -0.2) is 38.6 Å². The number of aromatic nitrogens is 2. The molecule has 0 atom stereocenters. The van der Waals surface area contributed by atoms with Crippen LogP contribution in [0.1, 0.15) is 27.9 Å². The molecule has 7 nitrogen and oxygen atoms in total. The molecule has 2 N–H and O–H groups in total. The normalized spacial score (nSPS) is 11.0. The number of hydrogen-bond acceptors (Lipinski definition) is 4. The summed E-state index contributed by atoms with van der Waals surface area (Å²) in [5.74, 6) is -0.807. The van der Waals surface area contributed by atoms with E-state index in [-0.39, 0.29) is 42.6 Å². The van der Waals surface area contributed by atoms with Gasteiger partial charge in [0.25, 0.3) is 0 Å². The van der Waals surface area contributed by atoms with Crippen molar-refractivity contribution >= 4 is 28.9 Å². The van der Waals surface area contributed by atoms with Gasteiger partial charge in [-0.2, -0.15) is 18.4 Å². The molecule has 12 heteroatoms. The molecule has 1 amide bonds. The van der Waals surface area contributed by atoms with Gasteiger partial charge in [0.15, 0.2) is 5.11 Å². The lowest BCUT2D eigenvalue weighted by Crippen LogP contribution is -2.41. The fraction of sp³-hybridized carbons (Fsp3) is 0.200. The van der Waals surface area contributed by atoms with E-state index in [4.69, 9.17) is 17.5 Å². The van der Waals surface area contributed by atoms with Crippen molar-refractivity contribution in [2.75, 3.05) is 18.4 Å². The molecule has 4 aromatic rings. The van der Waals surface area contributed by atoms with Gasteiger partial charge in [0.2, 0.25) is 5.91 Å². The summed E-state index contributed by atoms with van der Waals surface area (Å²) in [6, 6.07) is 19.9. The Hall–Kier alpha value is -4.76. The first kappa shape index (κ1) is 30.2. The zero-order chi connectivity index (χ0) is 30.1. The molecule has 0 aliphatic carbocycles. The summed E-state index contributed by atoms with van der Waals surface area (Å²) < 4.78 is 56.5. The van der Waals surface area contributed by atoms with Gasteiger partial charge in [-0.15, -0.1) is 0 Å². The lowest BCUT2D eigenvalue weighted by molar-refractivity contribution is -0.138. The third kappa shape index (κ3) is 8.37. The number of nitriles is 1. The van der Waals surface area contributed by atoms with Crippen molar-refractivity contribution in [1.82, 2.24) is 19.8 Å². The van der Waals surface area contributed by atoms with E-state index in [0.29, 0.717) is 23.5 Å². The SMILES string of the molecule is N#Cc1ccc(Cn2cncc2CC(=O)NCCN(Cc2ccccc2C(F)(F)F)C(=S)Nc2cccc(F)c2)cc1. The topological polar surface area (TPSA) is 86.0 Å². The van der Waals surface area contributed by atoms with Crippen molar-refractivity contribution < 1.29 is 22.4 Å². The Labute approximate surface area is 245 Å². The fourth-order valence-corrected chi connectivity index (χ4v) is 4.51. The lowest BCUT2D eigenvalue weighted by atomic mass is 10.1. The van der Waals surface area contributed by atoms with E-state index in [1.54, 1.807) is 30.7 Å². The van der Waals surface area contributed by atoms with Crippen molar-refractivity contribution in [2.45, 2.75) is 25.7 Å². The van der Waals surface area contributed by atoms with E-state index in [1.165, 1.54) is 41.3 Å². The quantitative estimate of drug-likeness (QED) is 0.186. The zero-order valence-electron chi connectivity index (χ0n) is 22.2. The molecule has 0 aliphatic heterocycles. The molecule has 0 saturated heterocycles. The third-order valence-electron chi connectivity index (χ3n) is 6.33. The standard InChI is InChI=1S/C30H26F4N6OS/c31-24-5-3-6-25(14-24)38-29(42)39(19-23-4-1-2-7-27(23)30(32,33)34)13-12-37-28(41)15-26-17-36-20-40(26)18-22-10-8-21(16-35)9-11-22/h1-11,14,17,20H,12-13,15,18-19H2,(H,37,41)(H,38,42). The first-order valence-electron chi connectivity index (χ1n) is 12.8. The Bertz CT molecular complexity index is 1580. The number of rotatable bonds is 10. The fourth-order valence-electron chi connectivity index (χ4n) is 4.24. The maximum atomic E-state index is 13.7. The molecule has 1 aromatic heterocycles. The van der Waals surface area contributed by atoms with Crippen LogP contribution in [0.25, 0.3) is 0 Å². The maximum Gasteiger partial charge on any atom is 0.416 e. The molecule has 0 bridgehead atoms. The Balaban J connectivity index is 1.41. The van der Waals surface area contributed by atoms with E-state index >= 15 is 0 Å². The molecule has 0 aliphatic rings. The van der Waals surface area contributed by atoms with E-state index in [1.807, 2.05) is 16.7 Å². The summed E-state index contributed by atoms with van der Waals surface area (Å²) in [5, 5.41) is 14.7. The summed E-state index contributed by atoms with van der Waals surface area (Å²) >= 11 is 5.47. The van der Waals surface area contributed by atoms with Gasteiger partial charge in [-0.05, 0) is 59.7 Å². The molecule has 4 rings (SSSR count). The summed E-state index contributed by atoms with van der Waals surface area (Å²) in [7, 11) is 0. The first-order chi connectivity index (χ1) is 20.1. The van der Waals surface area contributed by atoms with Crippen LogP contribution in [0.15, 0.2) is 85.3 Å². The van der Waals surface area contributed by atoms with Crippen LogP contribution in [0.2, 0.25) is 0 Å². The second-order valence-corrected chi connectivity index (χ2v) is 9.75. The van der Waals surface area contributed by atoms with Crippen molar-refractivity contribution in [3.63, 3.8) is 0 Å². The molecule has 3 aromatic carbocycles. The Kier molecular flexibility index (Phi) is 9.88. The number of halogens is 4. The molecule has 0 fully saturated rings. The van der Waals surface area contributed by atoms with E-state index in [0.717, 1.165) is 11.6 Å². The Morgan fingerprint density at radius 3 is 2.55 bits per heavy atom. The van der Waals surface area contributed by atoms with Crippen molar-refractivity contribution in [1.29, 1.82) is 5.26 Å². The number of nitrogens with one attached hydrogen (secondary N) is 2. The smallest absolute Gasteiger partial charge is 0.354 e. The van der Waals surface area contributed by atoms with Crippen LogP contribution in [0.3, 0.4) is 0 Å². The highest BCUT2D eigenvalue weighted by Crippen LogP contribution is 2.32. The lowest BCUT2D eigenvalue weighted by Gasteiger charge is -2.27. The minimum atomic E-state index is -4.56. The van der Waals surface area contributed by atoms with Crippen LogP contribution in [0.4, 0.5) is 23.2 Å². The molecule has 42 heavy (non-hydrogen) atoms. The van der Waals surface area contributed by atoms with Crippen LogP contribution < -0.4 is 10.6 Å². The second kappa shape index (κ2) is 13.7. The third-order valence-corrected chi connectivity index (χ3v) is 6.69. The summed E-state index contributed by atoms with van der Waals surface area (Å²) in [6.07, 6.45) is -1.34. The number of benzene rings is 3. The Morgan fingerprint density at radius 2 is 1.83 bits per heavy atom. The molecule has 0 saturated carbocycles. The number of anilines is 1. The van der Waals surface area contributed by atoms with Gasteiger partial charge in [-0.25, -0.2) is 9.37 Å². The van der Waals surface area contributed by atoms with Crippen molar-refractivity contribution in [3.05, 3.63) is 119 Å². The van der Waals surface area contributed by atoms with Gasteiger partial charge in [0.05, 0.1) is 29.9 Å². The molecular formula is C30H26F4N6OS. The van der Waals surface area contributed by atoms with Gasteiger partial charge < -0.3 is 20.1 Å². The second-order valence-electron chi connectivity index (χ2n) is 9.37. The highest BCUT2D eigenvalue weighted by molar-refractivity contribution is 7.80. The largest absolute Gasteiger partial charge is 0.416 e. The maximum absolute atomic E-state index is 13.7. The summed E-state index contributed by atoms with van der Waals surface area (Å²) in [6.45, 7) is 0.441. The minimum absolute atomic E-state index is 0.00595. The molecule has 216 valence electrons. The highest BCUT2D eigenvalue weighted by Gasteiger charge is 2.33. The molecule has 0 spiro atoms. The van der Waals surface area contributed by atoms with E-state index < -0.39 is 17.6 Å². The monoisotopic (exact) mass is 594 g/mol. The van der Waals surface area contributed by atoms with Crippen LogP contribution in [-0.2, 0) is 30.5 Å². The predicted octanol–water partition coefficient (Wildman–Crippen LogP) is 5.52. The number of imidazole rings is 1. The average molecular weight is 595 g/mol. The van der Waals surface area contributed by atoms with Gasteiger partial charge in [0, 0.05) is 43.8 Å². The van der Waals surface area contributed by atoms with E-state index in [2.05, 4.69) is 21.7 Å². The van der Waals surface area contributed by atoms with Gasteiger partial charge in [-0.3, -0.25) is 4.79 Å². The van der Waals surface area contributed by atoms with Crippen LogP contribution >= 0.6 is 12.2 Å². The minimum Gasteiger partial charge on any atom is -0.354 e. The van der Waals surface area contributed by atoms with Crippen LogP contribution in [0, 0.1) is 17.1 Å². The van der Waals surface area contributed by atoms with Crippen molar-refractivity contribution in [2.24, 2.45) is 0 Å². The van der Waals surface area contributed by atoms with E-state index in [9.17, 15) is 22.4 Å². The molecular weight excluding hydrogens is 568 g/mol. The molecule has 1 heterocycles. The highest BCUT2D eigenvalue weighted by atomic mass is 32.1. The Morgan fingerprint density at radius 1 is 1.07 bits per heavy atom. The zero-order valence-corrected chi connectivity index (χ0v) is 23.1. The predicted molar refractivity (Wildman–Crippen MR) is 154 cm³/mol. The number of carbonyl (C=O) groups excluding carboxylic acids is 1. The number of thiocarbonyl (C=S) groups is 1. The van der Waals surface area contributed by atoms with Gasteiger partial charge in [0.1, 0.15) is 5.82 Å². The number of amides is 1. The summed E-state index contributed by atoms with van der Waals surface area (Å²) in [5.41, 5.74) is 1.70. The first-order valence-corrected chi connectivity index (χ1v) is 13.2. The number of nitrogens with zero attached hydrogens (tertiary/aromatic N) is 4. The van der Waals surface area contributed by atoms with Crippen LogP contribution in [0.5, 0.6) is 0 Å². The van der Waals surface area contributed by atoms with Gasteiger partial charge in [-0.1, -0.05) is 36.4 Å². The van der Waals surface area contributed by atoms with Gasteiger partial charge >= 0.3 is 6.18 Å². The number of carbonyl (C=O) groups is 1. The van der Waals surface area contributed by atoms with Crippen molar-refractivity contribution in [3.8, 4) is 6.07 Å². The molecule has 0 radical (unpaired) electrons. The summed E-state index contributed by atoms with van der Waals surface area (Å²) in [4.78, 5) is 18.4. The number of hydrogen-bond donors (Lipinski definition) is 2. The number of alkyl halides is 3.